The summed E-state index contributed by atoms with van der Waals surface area (Å²) < 4.78 is 5.68. The van der Waals surface area contributed by atoms with Crippen LogP contribution in [0.1, 0.15) is 55.2 Å². The summed E-state index contributed by atoms with van der Waals surface area (Å²) in [5.74, 6) is 0.976. The molecular formula is C30H41N7O5. The Morgan fingerprint density at radius 2 is 2.02 bits per heavy atom. The van der Waals surface area contributed by atoms with Crippen LogP contribution in [0.15, 0.2) is 47.0 Å². The van der Waals surface area contributed by atoms with Crippen molar-refractivity contribution in [3.8, 4) is 5.75 Å². The smallest absolute Gasteiger partial charge is 0.270 e. The summed E-state index contributed by atoms with van der Waals surface area (Å²) in [4.78, 5) is 40.6. The lowest BCUT2D eigenvalue weighted by atomic mass is 9.98. The standard InChI is InChI=1S/C30H41N7O5/c1-19-11-24(8-10-37(19)21(3)38)35-29-13-27(33-18-34-29)30(41)32-14-25(39)16-36-9-7-22-12-26(6-5-23(22)15-36)42-17-28(40)20(2)31-4/h5-6,12-13,18-19,24-25,39-40H,4,7-11,14-17H2,1-3H3,(H,32,41)(H,33,34,35)/t19-,24?,25+/m1/s1. The Kier molecular flexibility index (Phi) is 10.5. The maximum Gasteiger partial charge on any atom is 0.270 e. The number of hydrogen-bond acceptors (Lipinski definition) is 10. The van der Waals surface area contributed by atoms with Crippen LogP contribution in [0.25, 0.3) is 0 Å². The number of carbonyl (C=O) groups excluding carboxylic acids is 2. The van der Waals surface area contributed by atoms with Crippen molar-refractivity contribution >= 4 is 24.3 Å². The first-order valence-corrected chi connectivity index (χ1v) is 14.3. The fourth-order valence-corrected chi connectivity index (χ4v) is 5.39. The third kappa shape index (κ3) is 8.26. The normalized spacial score (nSPS) is 20.1. The molecule has 2 aliphatic rings. The van der Waals surface area contributed by atoms with Crippen molar-refractivity contribution in [3.63, 3.8) is 0 Å². The van der Waals surface area contributed by atoms with Crippen molar-refractivity contribution < 1.29 is 24.5 Å². The molecule has 0 aliphatic carbocycles. The van der Waals surface area contributed by atoms with Crippen LogP contribution in [0.2, 0.25) is 0 Å². The molecule has 3 heterocycles. The highest BCUT2D eigenvalue weighted by molar-refractivity contribution is 5.92. The van der Waals surface area contributed by atoms with E-state index in [0.717, 1.165) is 31.4 Å². The molecule has 0 spiro atoms. The van der Waals surface area contributed by atoms with Gasteiger partial charge < -0.3 is 30.5 Å². The minimum atomic E-state index is -0.748. The minimum Gasteiger partial charge on any atom is -0.507 e. The number of aromatic nitrogens is 2. The number of amides is 2. The van der Waals surface area contributed by atoms with Gasteiger partial charge in [0.15, 0.2) is 5.76 Å². The van der Waals surface area contributed by atoms with Gasteiger partial charge >= 0.3 is 0 Å². The second kappa shape index (κ2) is 14.2. The van der Waals surface area contributed by atoms with Crippen LogP contribution in [0.3, 0.4) is 0 Å². The molecule has 0 bridgehead atoms. The average Bonchev–Trinajstić information content (AvgIpc) is 2.98. The molecule has 12 heteroatoms. The zero-order valence-corrected chi connectivity index (χ0v) is 24.5. The molecule has 4 rings (SSSR count). The number of hydrogen-bond donors (Lipinski definition) is 4. The number of aliphatic hydroxyl groups is 2. The van der Waals surface area contributed by atoms with Gasteiger partial charge in [-0.15, -0.1) is 0 Å². The molecule has 12 nitrogen and oxygen atoms in total. The Labute approximate surface area is 246 Å². The van der Waals surface area contributed by atoms with Gasteiger partial charge in [0.1, 0.15) is 30.2 Å². The molecule has 1 unspecified atom stereocenters. The summed E-state index contributed by atoms with van der Waals surface area (Å²) in [6.07, 6.45) is 2.99. The number of piperidine rings is 1. The van der Waals surface area contributed by atoms with Crippen molar-refractivity contribution in [1.29, 1.82) is 0 Å². The molecular weight excluding hydrogens is 538 g/mol. The van der Waals surface area contributed by atoms with Crippen LogP contribution in [0, 0.1) is 0 Å². The molecule has 4 N–H and O–H groups in total. The molecule has 42 heavy (non-hydrogen) atoms. The van der Waals surface area contributed by atoms with E-state index in [2.05, 4.69) is 37.2 Å². The van der Waals surface area contributed by atoms with Crippen LogP contribution in [-0.2, 0) is 17.8 Å². The number of fused-ring (bicyclic) bond motifs is 1. The number of aliphatic imine (C=N–C) groups is 1. The van der Waals surface area contributed by atoms with E-state index in [-0.39, 0.29) is 48.5 Å². The second-order valence-corrected chi connectivity index (χ2v) is 11.0. The van der Waals surface area contributed by atoms with Crippen molar-refractivity contribution in [1.82, 2.24) is 25.1 Å². The largest absolute Gasteiger partial charge is 0.507 e. The van der Waals surface area contributed by atoms with E-state index in [1.807, 2.05) is 30.0 Å². The van der Waals surface area contributed by atoms with Crippen LogP contribution in [0.5, 0.6) is 5.75 Å². The van der Waals surface area contributed by atoms with Crippen LogP contribution < -0.4 is 15.4 Å². The summed E-state index contributed by atoms with van der Waals surface area (Å²) in [5.41, 5.74) is 2.97. The molecule has 0 saturated carbocycles. The first-order valence-electron chi connectivity index (χ1n) is 14.3. The highest BCUT2D eigenvalue weighted by atomic mass is 16.5. The first kappa shape index (κ1) is 30.9. The fourth-order valence-electron chi connectivity index (χ4n) is 5.39. The molecule has 1 fully saturated rings. The molecule has 1 saturated heterocycles. The summed E-state index contributed by atoms with van der Waals surface area (Å²) in [5, 5.41) is 26.7. The van der Waals surface area contributed by atoms with Gasteiger partial charge in [-0.05, 0) is 63.1 Å². The molecule has 1 aromatic carbocycles. The lowest BCUT2D eigenvalue weighted by Gasteiger charge is -2.37. The van der Waals surface area contributed by atoms with Crippen molar-refractivity contribution in [3.05, 3.63) is 58.9 Å². The maximum atomic E-state index is 12.8. The molecule has 2 amide bonds. The maximum absolute atomic E-state index is 12.8. The second-order valence-electron chi connectivity index (χ2n) is 11.0. The van der Waals surface area contributed by atoms with Gasteiger partial charge in [0.05, 0.1) is 11.8 Å². The SMILES string of the molecule is C=NC(C)=C(O)COc1ccc2c(c1)CCN(C[C@@H](O)CNC(=O)c1cc(NC3CCN(C(C)=O)[C@H](C)C3)ncn1)C2. The number of ether oxygens (including phenoxy) is 1. The van der Waals surface area contributed by atoms with Crippen molar-refractivity contribution in [2.45, 2.75) is 64.8 Å². The van der Waals surface area contributed by atoms with E-state index < -0.39 is 6.10 Å². The lowest BCUT2D eigenvalue weighted by Crippen LogP contribution is -2.47. The van der Waals surface area contributed by atoms with Gasteiger partial charge in [-0.1, -0.05) is 6.07 Å². The van der Waals surface area contributed by atoms with E-state index in [1.165, 1.54) is 11.9 Å². The predicted molar refractivity (Wildman–Crippen MR) is 160 cm³/mol. The number of likely N-dealkylation sites (tertiary alicyclic amines) is 1. The van der Waals surface area contributed by atoms with Crippen LogP contribution >= 0.6 is 0 Å². The lowest BCUT2D eigenvalue weighted by molar-refractivity contribution is -0.132. The number of carbonyl (C=O) groups is 2. The van der Waals surface area contributed by atoms with E-state index in [4.69, 9.17) is 4.74 Å². The van der Waals surface area contributed by atoms with E-state index in [9.17, 15) is 19.8 Å². The predicted octanol–water partition coefficient (Wildman–Crippen LogP) is 2.31. The quantitative estimate of drug-likeness (QED) is 0.232. The van der Waals surface area contributed by atoms with Gasteiger partial charge in [-0.2, -0.15) is 0 Å². The highest BCUT2D eigenvalue weighted by Gasteiger charge is 2.27. The van der Waals surface area contributed by atoms with E-state index >= 15 is 0 Å². The molecule has 0 radical (unpaired) electrons. The molecule has 226 valence electrons. The summed E-state index contributed by atoms with van der Waals surface area (Å²) in [7, 11) is 0. The number of β-amino-alcohol motifs (C(OH)–C–C–N with tert-alkyl or cyclic N) is 1. The highest BCUT2D eigenvalue weighted by Crippen LogP contribution is 2.25. The Balaban J connectivity index is 1.22. The van der Waals surface area contributed by atoms with Gasteiger partial charge in [0, 0.05) is 57.8 Å². The third-order valence-corrected chi connectivity index (χ3v) is 7.80. The summed E-state index contributed by atoms with van der Waals surface area (Å²) in [6, 6.07) is 7.73. The number of aliphatic hydroxyl groups excluding tert-OH is 2. The number of anilines is 1. The monoisotopic (exact) mass is 579 g/mol. The van der Waals surface area contributed by atoms with Crippen LogP contribution in [-0.4, -0.2) is 99.5 Å². The van der Waals surface area contributed by atoms with E-state index in [1.54, 1.807) is 19.9 Å². The summed E-state index contributed by atoms with van der Waals surface area (Å²) >= 11 is 0. The molecule has 1 aromatic heterocycles. The molecule has 2 aliphatic heterocycles. The average molecular weight is 580 g/mol. The van der Waals surface area contributed by atoms with Crippen molar-refractivity contribution in [2.24, 2.45) is 4.99 Å². The first-order chi connectivity index (χ1) is 20.1. The van der Waals surface area contributed by atoms with Gasteiger partial charge in [0.2, 0.25) is 5.91 Å². The number of nitrogens with one attached hydrogen (secondary N) is 2. The Morgan fingerprint density at radius 1 is 1.21 bits per heavy atom. The Bertz CT molecular complexity index is 1320. The number of rotatable bonds is 11. The fraction of sp³-hybridized carbons (Fsp3) is 0.500. The Hall–Kier alpha value is -4.03. The topological polar surface area (TPSA) is 153 Å². The van der Waals surface area contributed by atoms with Gasteiger partial charge in [0.25, 0.3) is 5.91 Å². The zero-order valence-electron chi connectivity index (χ0n) is 24.5. The zero-order chi connectivity index (χ0) is 30.2. The molecule has 2 aromatic rings. The third-order valence-electron chi connectivity index (χ3n) is 7.80. The van der Waals surface area contributed by atoms with Crippen LogP contribution in [0.4, 0.5) is 5.82 Å². The Morgan fingerprint density at radius 3 is 2.76 bits per heavy atom. The number of benzene rings is 1. The van der Waals surface area contributed by atoms with E-state index in [0.29, 0.717) is 36.9 Å². The number of allylic oxidation sites excluding steroid dienone is 1. The number of nitrogens with zero attached hydrogens (tertiary/aromatic N) is 5. The van der Waals surface area contributed by atoms with Gasteiger partial charge in [-0.3, -0.25) is 19.5 Å². The minimum absolute atomic E-state index is 0.0292. The molecule has 3 atom stereocenters. The van der Waals surface area contributed by atoms with Gasteiger partial charge in [-0.25, -0.2) is 9.97 Å². The summed E-state index contributed by atoms with van der Waals surface area (Å²) in [6.45, 7) is 11.4. The van der Waals surface area contributed by atoms with Crippen molar-refractivity contribution in [2.75, 3.05) is 38.1 Å².